The molecule has 1 saturated carbocycles. The Morgan fingerprint density at radius 3 is 2.80 bits per heavy atom. The highest BCUT2D eigenvalue weighted by Crippen LogP contribution is 2.35. The number of hydrogen-bond acceptors (Lipinski definition) is 3. The van der Waals surface area contributed by atoms with Gasteiger partial charge in [0.15, 0.2) is 0 Å². The molecule has 0 saturated heterocycles. The third-order valence-corrected chi connectivity index (χ3v) is 4.25. The van der Waals surface area contributed by atoms with Crippen LogP contribution < -0.4 is 5.73 Å². The number of ether oxygens (including phenoxy) is 1. The number of rotatable bonds is 6. The summed E-state index contributed by atoms with van der Waals surface area (Å²) in [5.41, 5.74) is 8.61. The predicted octanol–water partition coefficient (Wildman–Crippen LogP) is 2.35. The highest BCUT2D eigenvalue weighted by molar-refractivity contribution is 5.75. The smallest absolute Gasteiger partial charge is 0.111 e. The van der Waals surface area contributed by atoms with Gasteiger partial charge < -0.3 is 15.0 Å². The zero-order valence-corrected chi connectivity index (χ0v) is 12.2. The number of aryl methyl sites for hydroxylation is 1. The van der Waals surface area contributed by atoms with E-state index in [9.17, 15) is 0 Å². The van der Waals surface area contributed by atoms with Crippen LogP contribution in [0.4, 0.5) is 0 Å². The van der Waals surface area contributed by atoms with Crippen molar-refractivity contribution < 1.29 is 4.74 Å². The van der Waals surface area contributed by atoms with E-state index in [0.717, 1.165) is 24.3 Å². The molecular formula is C16H23N3O. The van der Waals surface area contributed by atoms with Crippen LogP contribution in [-0.4, -0.2) is 28.8 Å². The molecule has 0 aliphatic heterocycles. The number of hydrogen-bond donors (Lipinski definition) is 1. The van der Waals surface area contributed by atoms with Crippen molar-refractivity contribution in [3.8, 4) is 0 Å². The molecule has 1 aliphatic rings. The van der Waals surface area contributed by atoms with Crippen molar-refractivity contribution in [3.63, 3.8) is 0 Å². The van der Waals surface area contributed by atoms with Gasteiger partial charge in [0.2, 0.25) is 0 Å². The molecule has 108 valence electrons. The summed E-state index contributed by atoms with van der Waals surface area (Å²) in [5.74, 6) is 1.72. The van der Waals surface area contributed by atoms with E-state index >= 15 is 0 Å². The van der Waals surface area contributed by atoms with Crippen LogP contribution in [0.3, 0.4) is 0 Å². The lowest BCUT2D eigenvalue weighted by molar-refractivity contribution is 0.0619. The first-order valence-electron chi connectivity index (χ1n) is 7.47. The molecule has 1 heterocycles. The second-order valence-electron chi connectivity index (χ2n) is 5.67. The molecule has 3 rings (SSSR count). The zero-order valence-electron chi connectivity index (χ0n) is 12.2. The number of methoxy groups -OCH3 is 1. The molecule has 2 aromatic rings. The minimum absolute atomic E-state index is 0.0228. The van der Waals surface area contributed by atoms with Crippen molar-refractivity contribution in [2.24, 2.45) is 11.7 Å². The number of aromatic nitrogens is 2. The molecule has 0 radical (unpaired) electrons. The molecule has 4 nitrogen and oxygen atoms in total. The maximum absolute atomic E-state index is 6.37. The average Bonchev–Trinajstić information content (AvgIpc) is 3.21. The first-order chi connectivity index (χ1) is 9.74. The fraction of sp³-hybridized carbons (Fsp3) is 0.562. The van der Waals surface area contributed by atoms with Gasteiger partial charge in [-0.15, -0.1) is 0 Å². The standard InChI is InChI=1S/C16H23N3O/c1-3-19-14-7-5-4-6-13(14)18-15(19)10-12(17)16(20-2)11-8-9-11/h4-7,11-12,16H,3,8-10,17H2,1-2H3. The summed E-state index contributed by atoms with van der Waals surface area (Å²) in [4.78, 5) is 4.75. The van der Waals surface area contributed by atoms with Crippen LogP contribution >= 0.6 is 0 Å². The molecule has 1 aromatic heterocycles. The molecule has 0 bridgehead atoms. The Hall–Kier alpha value is -1.39. The first-order valence-corrected chi connectivity index (χ1v) is 7.47. The van der Waals surface area contributed by atoms with Crippen LogP contribution in [0.2, 0.25) is 0 Å². The van der Waals surface area contributed by atoms with E-state index in [1.165, 1.54) is 18.4 Å². The van der Waals surface area contributed by atoms with Crippen molar-refractivity contribution in [3.05, 3.63) is 30.1 Å². The van der Waals surface area contributed by atoms with Gasteiger partial charge in [0.1, 0.15) is 5.82 Å². The van der Waals surface area contributed by atoms with E-state index in [0.29, 0.717) is 5.92 Å². The molecule has 1 aromatic carbocycles. The fourth-order valence-electron chi connectivity index (χ4n) is 3.10. The van der Waals surface area contributed by atoms with Crippen LogP contribution in [0.1, 0.15) is 25.6 Å². The zero-order chi connectivity index (χ0) is 14.1. The van der Waals surface area contributed by atoms with Gasteiger partial charge in [0.25, 0.3) is 0 Å². The second-order valence-corrected chi connectivity index (χ2v) is 5.67. The third kappa shape index (κ3) is 2.45. The topological polar surface area (TPSA) is 53.1 Å². The number of nitrogens with two attached hydrogens (primary N) is 1. The van der Waals surface area contributed by atoms with Gasteiger partial charge in [0.05, 0.1) is 17.1 Å². The Bertz CT molecular complexity index is 588. The molecule has 2 unspecified atom stereocenters. The Labute approximate surface area is 119 Å². The summed E-state index contributed by atoms with van der Waals surface area (Å²) in [6.07, 6.45) is 3.43. The molecule has 0 amide bonds. The minimum atomic E-state index is 0.0228. The summed E-state index contributed by atoms with van der Waals surface area (Å²) in [6, 6.07) is 8.29. The van der Waals surface area contributed by atoms with Gasteiger partial charge in [-0.25, -0.2) is 4.98 Å². The monoisotopic (exact) mass is 273 g/mol. The van der Waals surface area contributed by atoms with Crippen molar-refractivity contribution in [1.82, 2.24) is 9.55 Å². The SMILES string of the molecule is CCn1c(CC(N)C(OC)C2CC2)nc2ccccc21. The Morgan fingerprint density at radius 2 is 2.15 bits per heavy atom. The quantitative estimate of drug-likeness (QED) is 0.879. The van der Waals surface area contributed by atoms with Crippen LogP contribution in [0.5, 0.6) is 0 Å². The summed E-state index contributed by atoms with van der Waals surface area (Å²) >= 11 is 0. The number of imidazole rings is 1. The summed E-state index contributed by atoms with van der Waals surface area (Å²) < 4.78 is 7.85. The normalized spacial score (nSPS) is 18.4. The maximum atomic E-state index is 6.37. The lowest BCUT2D eigenvalue weighted by atomic mass is 10.0. The highest BCUT2D eigenvalue weighted by Gasteiger charge is 2.35. The van der Waals surface area contributed by atoms with Crippen LogP contribution in [0.15, 0.2) is 24.3 Å². The largest absolute Gasteiger partial charge is 0.380 e. The molecule has 2 N–H and O–H groups in total. The lowest BCUT2D eigenvalue weighted by Gasteiger charge is -2.22. The molecule has 4 heteroatoms. The van der Waals surface area contributed by atoms with E-state index < -0.39 is 0 Å². The molecule has 1 fully saturated rings. The van der Waals surface area contributed by atoms with Crippen LogP contribution in [-0.2, 0) is 17.7 Å². The van der Waals surface area contributed by atoms with Gasteiger partial charge in [0, 0.05) is 26.1 Å². The van der Waals surface area contributed by atoms with E-state index in [4.69, 9.17) is 15.5 Å². The van der Waals surface area contributed by atoms with Crippen molar-refractivity contribution in [1.29, 1.82) is 0 Å². The lowest BCUT2D eigenvalue weighted by Crippen LogP contribution is -2.40. The van der Waals surface area contributed by atoms with E-state index in [1.54, 1.807) is 7.11 Å². The van der Waals surface area contributed by atoms with Gasteiger partial charge in [-0.05, 0) is 37.8 Å². The molecular weight excluding hydrogens is 250 g/mol. The van der Waals surface area contributed by atoms with Crippen LogP contribution in [0.25, 0.3) is 11.0 Å². The Morgan fingerprint density at radius 1 is 1.40 bits per heavy atom. The molecule has 20 heavy (non-hydrogen) atoms. The summed E-state index contributed by atoms with van der Waals surface area (Å²) in [6.45, 7) is 3.07. The first kappa shape index (κ1) is 13.6. The number of benzene rings is 1. The van der Waals surface area contributed by atoms with E-state index in [2.05, 4.69) is 29.7 Å². The number of fused-ring (bicyclic) bond motifs is 1. The van der Waals surface area contributed by atoms with E-state index in [-0.39, 0.29) is 12.1 Å². The van der Waals surface area contributed by atoms with Crippen molar-refractivity contribution in [2.75, 3.05) is 7.11 Å². The minimum Gasteiger partial charge on any atom is -0.380 e. The number of para-hydroxylation sites is 2. The third-order valence-electron chi connectivity index (χ3n) is 4.25. The van der Waals surface area contributed by atoms with Gasteiger partial charge >= 0.3 is 0 Å². The fourth-order valence-corrected chi connectivity index (χ4v) is 3.10. The second kappa shape index (κ2) is 5.54. The summed E-state index contributed by atoms with van der Waals surface area (Å²) in [5, 5.41) is 0. The van der Waals surface area contributed by atoms with Crippen molar-refractivity contribution >= 4 is 11.0 Å². The van der Waals surface area contributed by atoms with Crippen molar-refractivity contribution in [2.45, 2.75) is 44.9 Å². The highest BCUT2D eigenvalue weighted by atomic mass is 16.5. The van der Waals surface area contributed by atoms with Gasteiger partial charge in [-0.3, -0.25) is 0 Å². The molecule has 1 aliphatic carbocycles. The summed E-state index contributed by atoms with van der Waals surface area (Å²) in [7, 11) is 1.77. The number of nitrogens with zero attached hydrogens (tertiary/aromatic N) is 2. The van der Waals surface area contributed by atoms with E-state index in [1.807, 2.05) is 6.07 Å². The average molecular weight is 273 g/mol. The molecule has 2 atom stereocenters. The predicted molar refractivity (Wildman–Crippen MR) is 80.6 cm³/mol. The van der Waals surface area contributed by atoms with Gasteiger partial charge in [-0.2, -0.15) is 0 Å². The Kier molecular flexibility index (Phi) is 3.76. The maximum Gasteiger partial charge on any atom is 0.111 e. The molecule has 0 spiro atoms. The van der Waals surface area contributed by atoms with Gasteiger partial charge in [-0.1, -0.05) is 12.1 Å². The Balaban J connectivity index is 1.86. The van der Waals surface area contributed by atoms with Crippen LogP contribution in [0, 0.1) is 5.92 Å².